The Labute approximate surface area is 84.7 Å². The highest BCUT2D eigenvalue weighted by molar-refractivity contribution is 5.33. The van der Waals surface area contributed by atoms with Gasteiger partial charge in [0.25, 0.3) is 0 Å². The van der Waals surface area contributed by atoms with Gasteiger partial charge in [-0.25, -0.2) is 0 Å². The van der Waals surface area contributed by atoms with Crippen molar-refractivity contribution in [3.63, 3.8) is 0 Å². The molecule has 0 spiro atoms. The molecule has 0 saturated carbocycles. The molecule has 0 amide bonds. The zero-order valence-electron chi connectivity index (χ0n) is 8.95. The lowest BCUT2D eigenvalue weighted by atomic mass is 10.3. The first kappa shape index (κ1) is 10.9. The van der Waals surface area contributed by atoms with Gasteiger partial charge < -0.3 is 10.1 Å². The van der Waals surface area contributed by atoms with Gasteiger partial charge >= 0.3 is 0 Å². The molecule has 1 rings (SSSR count). The first-order valence-corrected chi connectivity index (χ1v) is 4.87. The second kappa shape index (κ2) is 5.54. The Bertz CT molecular complexity index is 261. The molecule has 78 valence electrons. The predicted octanol–water partition coefficient (Wildman–Crippen LogP) is 1.62. The molecule has 1 N–H and O–H groups in total. The summed E-state index contributed by atoms with van der Waals surface area (Å²) in [4.78, 5) is 0. The fraction of sp³-hybridized carbons (Fsp3) is 0.600. The van der Waals surface area contributed by atoms with Crippen molar-refractivity contribution in [2.75, 3.05) is 18.5 Å². The molecular weight excluding hydrogens is 178 g/mol. The minimum atomic E-state index is 0.256. The number of anilines is 1. The van der Waals surface area contributed by atoms with E-state index >= 15 is 0 Å². The molecule has 1 aromatic heterocycles. The van der Waals surface area contributed by atoms with Gasteiger partial charge in [0.2, 0.25) is 0 Å². The summed E-state index contributed by atoms with van der Waals surface area (Å²) >= 11 is 0. The minimum absolute atomic E-state index is 0.256. The van der Waals surface area contributed by atoms with E-state index in [0.717, 1.165) is 18.1 Å². The summed E-state index contributed by atoms with van der Waals surface area (Å²) in [6.07, 6.45) is 0. The average Bonchev–Trinajstić information content (AvgIpc) is 2.18. The second-order valence-corrected chi connectivity index (χ2v) is 3.26. The Hall–Kier alpha value is -1.16. The van der Waals surface area contributed by atoms with Crippen molar-refractivity contribution < 1.29 is 4.74 Å². The second-order valence-electron chi connectivity index (χ2n) is 3.26. The van der Waals surface area contributed by atoms with Gasteiger partial charge in [-0.05, 0) is 32.9 Å². The van der Waals surface area contributed by atoms with Crippen LogP contribution in [-0.2, 0) is 4.74 Å². The van der Waals surface area contributed by atoms with Crippen molar-refractivity contribution in [3.05, 3.63) is 17.8 Å². The highest BCUT2D eigenvalue weighted by atomic mass is 16.5. The van der Waals surface area contributed by atoms with Crippen LogP contribution < -0.4 is 5.32 Å². The molecule has 0 radical (unpaired) electrons. The minimum Gasteiger partial charge on any atom is -0.380 e. The average molecular weight is 195 g/mol. The fourth-order valence-electron chi connectivity index (χ4n) is 1.06. The Kier molecular flexibility index (Phi) is 4.32. The molecule has 1 heterocycles. The van der Waals surface area contributed by atoms with Crippen LogP contribution in [0.1, 0.15) is 19.5 Å². The number of aryl methyl sites for hydroxylation is 1. The molecule has 0 aliphatic carbocycles. The predicted molar refractivity (Wildman–Crippen MR) is 56.3 cm³/mol. The highest BCUT2D eigenvalue weighted by Crippen LogP contribution is 2.03. The Morgan fingerprint density at radius 3 is 2.79 bits per heavy atom. The molecule has 0 saturated heterocycles. The van der Waals surface area contributed by atoms with Crippen molar-refractivity contribution in [1.29, 1.82) is 0 Å². The molecule has 14 heavy (non-hydrogen) atoms. The lowest BCUT2D eigenvalue weighted by molar-refractivity contribution is 0.141. The number of aromatic nitrogens is 2. The van der Waals surface area contributed by atoms with E-state index in [1.165, 1.54) is 0 Å². The summed E-state index contributed by atoms with van der Waals surface area (Å²) in [5, 5.41) is 11.2. The molecule has 0 bridgehead atoms. The van der Waals surface area contributed by atoms with Crippen molar-refractivity contribution in [1.82, 2.24) is 10.2 Å². The number of nitrogens with one attached hydrogen (secondary N) is 1. The summed E-state index contributed by atoms with van der Waals surface area (Å²) in [5.74, 6) is 0.794. The van der Waals surface area contributed by atoms with E-state index in [1.54, 1.807) is 0 Å². The molecule has 1 atom stereocenters. The van der Waals surface area contributed by atoms with E-state index < -0.39 is 0 Å². The monoisotopic (exact) mass is 195 g/mol. The maximum absolute atomic E-state index is 5.28. The van der Waals surface area contributed by atoms with E-state index in [9.17, 15) is 0 Å². The topological polar surface area (TPSA) is 47.0 Å². The fourth-order valence-corrected chi connectivity index (χ4v) is 1.06. The van der Waals surface area contributed by atoms with E-state index in [-0.39, 0.29) is 6.04 Å². The Balaban J connectivity index is 2.39. The zero-order chi connectivity index (χ0) is 10.4. The van der Waals surface area contributed by atoms with E-state index in [0.29, 0.717) is 6.61 Å². The quantitative estimate of drug-likeness (QED) is 0.775. The molecule has 0 aliphatic heterocycles. The summed E-state index contributed by atoms with van der Waals surface area (Å²) in [6, 6.07) is 4.11. The van der Waals surface area contributed by atoms with Crippen LogP contribution in [0.25, 0.3) is 0 Å². The number of hydrogen-bond donors (Lipinski definition) is 1. The third kappa shape index (κ3) is 3.70. The molecule has 1 aromatic rings. The summed E-state index contributed by atoms with van der Waals surface area (Å²) in [7, 11) is 0. The Morgan fingerprint density at radius 2 is 2.21 bits per heavy atom. The summed E-state index contributed by atoms with van der Waals surface area (Å²) in [6.45, 7) is 7.38. The first-order chi connectivity index (χ1) is 6.72. The van der Waals surface area contributed by atoms with Gasteiger partial charge in [-0.15, -0.1) is 5.10 Å². The van der Waals surface area contributed by atoms with Gasteiger partial charge in [0.1, 0.15) is 5.82 Å². The van der Waals surface area contributed by atoms with Gasteiger partial charge in [0.15, 0.2) is 0 Å². The first-order valence-electron chi connectivity index (χ1n) is 4.87. The summed E-state index contributed by atoms with van der Waals surface area (Å²) in [5.41, 5.74) is 0.924. The van der Waals surface area contributed by atoms with Gasteiger partial charge in [0.05, 0.1) is 12.3 Å². The standard InChI is InChI=1S/C10H17N3O/c1-4-14-7-9(3)11-10-6-5-8(2)12-13-10/h5-6,9H,4,7H2,1-3H3,(H,11,13). The maximum atomic E-state index is 5.28. The number of rotatable bonds is 5. The molecular formula is C10H17N3O. The zero-order valence-corrected chi connectivity index (χ0v) is 8.95. The van der Waals surface area contributed by atoms with Gasteiger partial charge in [0, 0.05) is 12.6 Å². The van der Waals surface area contributed by atoms with Crippen LogP contribution in [0.4, 0.5) is 5.82 Å². The normalized spacial score (nSPS) is 12.5. The third-order valence-corrected chi connectivity index (χ3v) is 1.76. The van der Waals surface area contributed by atoms with Gasteiger partial charge in [-0.2, -0.15) is 5.10 Å². The number of nitrogens with zero attached hydrogens (tertiary/aromatic N) is 2. The smallest absolute Gasteiger partial charge is 0.148 e. The van der Waals surface area contributed by atoms with Gasteiger partial charge in [-0.1, -0.05) is 0 Å². The SMILES string of the molecule is CCOCC(C)Nc1ccc(C)nn1. The summed E-state index contributed by atoms with van der Waals surface area (Å²) < 4.78 is 5.28. The van der Waals surface area contributed by atoms with Crippen LogP contribution in [0.15, 0.2) is 12.1 Å². The molecule has 0 fully saturated rings. The van der Waals surface area contributed by atoms with E-state index in [1.807, 2.05) is 26.0 Å². The van der Waals surface area contributed by atoms with E-state index in [4.69, 9.17) is 4.74 Å². The van der Waals surface area contributed by atoms with Crippen LogP contribution in [0.3, 0.4) is 0 Å². The Morgan fingerprint density at radius 1 is 1.43 bits per heavy atom. The number of hydrogen-bond acceptors (Lipinski definition) is 4. The van der Waals surface area contributed by atoms with Crippen LogP contribution in [0, 0.1) is 6.92 Å². The van der Waals surface area contributed by atoms with Crippen LogP contribution in [0.5, 0.6) is 0 Å². The van der Waals surface area contributed by atoms with Crippen molar-refractivity contribution in [3.8, 4) is 0 Å². The number of ether oxygens (including phenoxy) is 1. The molecule has 4 heteroatoms. The maximum Gasteiger partial charge on any atom is 0.148 e. The van der Waals surface area contributed by atoms with Crippen LogP contribution >= 0.6 is 0 Å². The molecule has 0 aromatic carbocycles. The highest BCUT2D eigenvalue weighted by Gasteiger charge is 2.02. The van der Waals surface area contributed by atoms with Crippen molar-refractivity contribution >= 4 is 5.82 Å². The van der Waals surface area contributed by atoms with Crippen molar-refractivity contribution in [2.45, 2.75) is 26.8 Å². The lowest BCUT2D eigenvalue weighted by Crippen LogP contribution is -2.22. The van der Waals surface area contributed by atoms with Gasteiger partial charge in [-0.3, -0.25) is 0 Å². The lowest BCUT2D eigenvalue weighted by Gasteiger charge is -2.13. The van der Waals surface area contributed by atoms with E-state index in [2.05, 4.69) is 22.4 Å². The van der Waals surface area contributed by atoms with Crippen LogP contribution in [0.2, 0.25) is 0 Å². The third-order valence-electron chi connectivity index (χ3n) is 1.76. The van der Waals surface area contributed by atoms with Crippen molar-refractivity contribution in [2.24, 2.45) is 0 Å². The molecule has 0 aliphatic rings. The largest absolute Gasteiger partial charge is 0.380 e. The molecule has 1 unspecified atom stereocenters. The molecule has 4 nitrogen and oxygen atoms in total. The van der Waals surface area contributed by atoms with Crippen LogP contribution in [-0.4, -0.2) is 29.5 Å².